The van der Waals surface area contributed by atoms with Crippen LogP contribution in [0.25, 0.3) is 39.6 Å². The number of rotatable bonds is 11. The lowest BCUT2D eigenvalue weighted by Gasteiger charge is -2.22. The van der Waals surface area contributed by atoms with Gasteiger partial charge in [0.05, 0.1) is 5.69 Å². The van der Waals surface area contributed by atoms with Gasteiger partial charge in [-0.25, -0.2) is 9.67 Å². The molecule has 0 atom stereocenters. The van der Waals surface area contributed by atoms with E-state index >= 15 is 0 Å². The van der Waals surface area contributed by atoms with Crippen molar-refractivity contribution in [3.8, 4) is 39.6 Å². The van der Waals surface area contributed by atoms with Gasteiger partial charge in [-0.05, 0) is 52.5 Å². The average Bonchev–Trinajstić information content (AvgIpc) is 3.45. The van der Waals surface area contributed by atoms with E-state index in [0.29, 0.717) is 11.8 Å². The molecular formula is C38H43N3. The number of unbranched alkanes of at least 4 members (excludes halogenated alkanes) is 3. The summed E-state index contributed by atoms with van der Waals surface area (Å²) in [7, 11) is 0. The first-order valence-electron chi connectivity index (χ1n) is 15.3. The summed E-state index contributed by atoms with van der Waals surface area (Å²) in [6, 6.07) is 34.4. The van der Waals surface area contributed by atoms with Crippen molar-refractivity contribution in [3.05, 3.63) is 114 Å². The van der Waals surface area contributed by atoms with Gasteiger partial charge in [-0.3, -0.25) is 0 Å². The molecule has 0 bridgehead atoms. The van der Waals surface area contributed by atoms with E-state index in [1.807, 2.05) is 0 Å². The number of aromatic nitrogens is 3. The van der Waals surface area contributed by atoms with Crippen LogP contribution in [0.1, 0.15) is 88.8 Å². The van der Waals surface area contributed by atoms with Crippen molar-refractivity contribution in [2.75, 3.05) is 0 Å². The van der Waals surface area contributed by atoms with Gasteiger partial charge in [-0.1, -0.05) is 151 Å². The molecule has 5 rings (SSSR count). The number of aryl methyl sites for hydroxylation is 1. The Bertz CT molecular complexity index is 1530. The van der Waals surface area contributed by atoms with Crippen LogP contribution in [-0.2, 0) is 6.42 Å². The molecule has 0 amide bonds. The topological polar surface area (TPSA) is 30.7 Å². The second-order valence-electron chi connectivity index (χ2n) is 11.7. The lowest BCUT2D eigenvalue weighted by molar-refractivity contribution is 0.664. The van der Waals surface area contributed by atoms with Crippen LogP contribution in [0.15, 0.2) is 97.1 Å². The quantitative estimate of drug-likeness (QED) is 0.156. The normalized spacial score (nSPS) is 11.5. The van der Waals surface area contributed by atoms with Gasteiger partial charge in [-0.15, -0.1) is 5.10 Å². The fraction of sp³-hybridized carbons (Fsp3) is 0.316. The highest BCUT2D eigenvalue weighted by atomic mass is 15.4. The molecule has 0 aliphatic heterocycles. The minimum absolute atomic E-state index is 0.353. The second-order valence-corrected chi connectivity index (χ2v) is 11.7. The van der Waals surface area contributed by atoms with Crippen molar-refractivity contribution in [1.29, 1.82) is 0 Å². The van der Waals surface area contributed by atoms with Gasteiger partial charge < -0.3 is 0 Å². The van der Waals surface area contributed by atoms with Crippen LogP contribution in [0.2, 0.25) is 0 Å². The monoisotopic (exact) mass is 541 g/mol. The molecule has 1 heterocycles. The van der Waals surface area contributed by atoms with Gasteiger partial charge in [0.1, 0.15) is 0 Å². The Morgan fingerprint density at radius 2 is 1.20 bits per heavy atom. The van der Waals surface area contributed by atoms with Gasteiger partial charge in [0.2, 0.25) is 0 Å². The number of nitrogens with zero attached hydrogens (tertiary/aromatic N) is 3. The molecule has 0 saturated heterocycles. The smallest absolute Gasteiger partial charge is 0.182 e. The van der Waals surface area contributed by atoms with E-state index in [2.05, 4.69) is 136 Å². The standard InChI is InChI=1S/C38H43N3/c1-6-7-8-11-18-29-25-34(27(2)3)36(35(26-29)28(4)5)41-38(31-21-14-10-15-22-31)39-37(40-41)33-24-17-16-23-32(33)30-19-12-9-13-20-30/h9-10,12-17,19-28H,6-8,11,18H2,1-5H3. The van der Waals surface area contributed by atoms with Gasteiger partial charge in [0.25, 0.3) is 0 Å². The molecule has 0 aliphatic rings. The van der Waals surface area contributed by atoms with Gasteiger partial charge in [0.15, 0.2) is 11.6 Å². The molecule has 0 radical (unpaired) electrons. The molecule has 0 aliphatic carbocycles. The van der Waals surface area contributed by atoms with Crippen LogP contribution in [0.3, 0.4) is 0 Å². The highest BCUT2D eigenvalue weighted by Crippen LogP contribution is 2.37. The van der Waals surface area contributed by atoms with Crippen LogP contribution >= 0.6 is 0 Å². The summed E-state index contributed by atoms with van der Waals surface area (Å²) in [6.07, 6.45) is 6.22. The fourth-order valence-corrected chi connectivity index (χ4v) is 5.67. The van der Waals surface area contributed by atoms with Crippen molar-refractivity contribution in [3.63, 3.8) is 0 Å². The van der Waals surface area contributed by atoms with Gasteiger partial charge >= 0.3 is 0 Å². The Labute approximate surface area is 246 Å². The first-order chi connectivity index (χ1) is 20.0. The van der Waals surface area contributed by atoms with Crippen molar-refractivity contribution in [1.82, 2.24) is 14.8 Å². The summed E-state index contributed by atoms with van der Waals surface area (Å²) in [5, 5.41) is 5.32. The fourth-order valence-electron chi connectivity index (χ4n) is 5.67. The molecule has 0 N–H and O–H groups in total. The maximum atomic E-state index is 5.32. The average molecular weight is 542 g/mol. The van der Waals surface area contributed by atoms with E-state index in [-0.39, 0.29) is 0 Å². The zero-order valence-electron chi connectivity index (χ0n) is 25.3. The van der Waals surface area contributed by atoms with Gasteiger partial charge in [0, 0.05) is 11.1 Å². The maximum Gasteiger partial charge on any atom is 0.182 e. The third-order valence-electron chi connectivity index (χ3n) is 7.90. The Kier molecular flexibility index (Phi) is 9.14. The molecule has 3 nitrogen and oxygen atoms in total. The van der Waals surface area contributed by atoms with Crippen LogP contribution in [-0.4, -0.2) is 14.8 Å². The molecule has 4 aromatic carbocycles. The van der Waals surface area contributed by atoms with Crippen LogP contribution in [0.5, 0.6) is 0 Å². The molecule has 0 fully saturated rings. The largest absolute Gasteiger partial charge is 0.212 e. The molecule has 210 valence electrons. The van der Waals surface area contributed by atoms with Crippen molar-refractivity contribution >= 4 is 0 Å². The Balaban J connectivity index is 1.72. The summed E-state index contributed by atoms with van der Waals surface area (Å²) < 4.78 is 2.14. The molecule has 3 heteroatoms. The van der Waals surface area contributed by atoms with E-state index in [4.69, 9.17) is 10.1 Å². The van der Waals surface area contributed by atoms with E-state index in [1.165, 1.54) is 53.6 Å². The predicted octanol–water partition coefficient (Wildman–Crippen LogP) is 10.6. The molecule has 41 heavy (non-hydrogen) atoms. The SMILES string of the molecule is CCCCCCc1cc(C(C)C)c(-n2nc(-c3ccccc3-c3ccccc3)nc2-c2ccccc2)c(C(C)C)c1. The number of benzene rings is 4. The van der Waals surface area contributed by atoms with Crippen molar-refractivity contribution in [2.45, 2.75) is 78.6 Å². The van der Waals surface area contributed by atoms with E-state index in [9.17, 15) is 0 Å². The number of hydrogen-bond donors (Lipinski definition) is 0. The second kappa shape index (κ2) is 13.1. The minimum Gasteiger partial charge on any atom is -0.212 e. The molecule has 0 saturated carbocycles. The summed E-state index contributed by atoms with van der Waals surface area (Å²) in [6.45, 7) is 11.5. The zero-order valence-corrected chi connectivity index (χ0v) is 25.3. The summed E-state index contributed by atoms with van der Waals surface area (Å²) in [5.41, 5.74) is 9.71. The van der Waals surface area contributed by atoms with Crippen molar-refractivity contribution < 1.29 is 0 Å². The Morgan fingerprint density at radius 3 is 1.78 bits per heavy atom. The highest BCUT2D eigenvalue weighted by Gasteiger charge is 2.24. The number of hydrogen-bond acceptors (Lipinski definition) is 2. The van der Waals surface area contributed by atoms with Gasteiger partial charge in [-0.2, -0.15) is 0 Å². The summed E-state index contributed by atoms with van der Waals surface area (Å²) in [4.78, 5) is 5.26. The molecular weight excluding hydrogens is 498 g/mol. The van der Waals surface area contributed by atoms with Crippen molar-refractivity contribution in [2.24, 2.45) is 0 Å². The first-order valence-corrected chi connectivity index (χ1v) is 15.3. The Morgan fingerprint density at radius 1 is 0.634 bits per heavy atom. The molecule has 5 aromatic rings. The lowest BCUT2D eigenvalue weighted by atomic mass is 9.89. The summed E-state index contributed by atoms with van der Waals surface area (Å²) >= 11 is 0. The molecule has 0 unspecified atom stereocenters. The first kappa shape index (κ1) is 28.5. The van der Waals surface area contributed by atoms with Crippen LogP contribution in [0.4, 0.5) is 0 Å². The van der Waals surface area contributed by atoms with E-state index in [1.54, 1.807) is 0 Å². The zero-order chi connectivity index (χ0) is 28.8. The van der Waals surface area contributed by atoms with Crippen LogP contribution in [0, 0.1) is 0 Å². The van der Waals surface area contributed by atoms with E-state index in [0.717, 1.165) is 34.8 Å². The Hall–Kier alpha value is -3.98. The maximum absolute atomic E-state index is 5.32. The minimum atomic E-state index is 0.353. The third-order valence-corrected chi connectivity index (χ3v) is 7.90. The van der Waals surface area contributed by atoms with E-state index < -0.39 is 0 Å². The molecule has 0 spiro atoms. The molecule has 1 aromatic heterocycles. The highest BCUT2D eigenvalue weighted by molar-refractivity contribution is 5.81. The summed E-state index contributed by atoms with van der Waals surface area (Å²) in [5.74, 6) is 2.33. The lowest BCUT2D eigenvalue weighted by Crippen LogP contribution is -2.11. The predicted molar refractivity (Wildman–Crippen MR) is 174 cm³/mol. The van der Waals surface area contributed by atoms with Crippen LogP contribution < -0.4 is 0 Å². The third kappa shape index (κ3) is 6.35.